The minimum atomic E-state index is 0.832. The van der Waals surface area contributed by atoms with Crippen molar-refractivity contribution >= 4 is 0 Å². The molecular weight excluding hydrogens is 144 g/mol. The zero-order valence-electron chi connectivity index (χ0n) is 7.92. The first-order chi connectivity index (χ1) is 5.90. The smallest absolute Gasteiger partial charge is 0.00168 e. The Bertz CT molecular complexity index is 210. The molecule has 0 radical (unpaired) electrons. The van der Waals surface area contributed by atoms with Gasteiger partial charge in [0.15, 0.2) is 0 Å². The van der Waals surface area contributed by atoms with Crippen molar-refractivity contribution in [2.24, 2.45) is 11.8 Å². The summed E-state index contributed by atoms with van der Waals surface area (Å²) in [6, 6.07) is 0. The molecule has 0 bridgehead atoms. The molecule has 0 aromatic heterocycles. The molecule has 1 saturated carbocycles. The van der Waals surface area contributed by atoms with Crippen LogP contribution in [0, 0.1) is 11.8 Å². The maximum Gasteiger partial charge on any atom is -0.00168 e. The van der Waals surface area contributed by atoms with E-state index in [1.54, 1.807) is 5.57 Å². The molecule has 0 aliphatic heterocycles. The van der Waals surface area contributed by atoms with E-state index in [1.165, 1.54) is 32.1 Å². The zero-order valence-corrected chi connectivity index (χ0v) is 7.92. The Kier molecular flexibility index (Phi) is 2.34. The average Bonchev–Trinajstić information content (AvgIpc) is 2.51. The van der Waals surface area contributed by atoms with Gasteiger partial charge in [-0.25, -0.2) is 0 Å². The molecule has 2 rings (SSSR count). The molecule has 0 N–H and O–H groups in total. The van der Waals surface area contributed by atoms with Crippen molar-refractivity contribution in [3.05, 3.63) is 23.8 Å². The minimum Gasteiger partial charge on any atom is -0.0773 e. The highest BCUT2D eigenvalue weighted by atomic mass is 14.3. The predicted molar refractivity (Wildman–Crippen MR) is 53.0 cm³/mol. The molecule has 0 amide bonds. The van der Waals surface area contributed by atoms with Crippen LogP contribution in [0.5, 0.6) is 0 Å². The average molecular weight is 162 g/mol. The van der Waals surface area contributed by atoms with Crippen LogP contribution in [0.4, 0.5) is 0 Å². The van der Waals surface area contributed by atoms with Gasteiger partial charge in [-0.3, -0.25) is 0 Å². The minimum absolute atomic E-state index is 0.832. The van der Waals surface area contributed by atoms with E-state index in [-0.39, 0.29) is 0 Å². The van der Waals surface area contributed by atoms with Gasteiger partial charge in [-0.1, -0.05) is 43.6 Å². The summed E-state index contributed by atoms with van der Waals surface area (Å²) >= 11 is 0. The molecule has 0 saturated heterocycles. The van der Waals surface area contributed by atoms with Crippen LogP contribution in [0.15, 0.2) is 23.8 Å². The Morgan fingerprint density at radius 2 is 2.33 bits per heavy atom. The summed E-state index contributed by atoms with van der Waals surface area (Å²) in [4.78, 5) is 0. The lowest BCUT2D eigenvalue weighted by Gasteiger charge is -2.27. The molecule has 0 heterocycles. The standard InChI is InChI=1S/C12H18/c1-2-4-10-7-8-11-5-3-6-12(11)9-10/h3,5-6,10-11H,2,4,7-9H2,1H3. The molecule has 0 aromatic rings. The molecule has 0 spiro atoms. The van der Waals surface area contributed by atoms with Crippen molar-refractivity contribution in [3.63, 3.8) is 0 Å². The highest BCUT2D eigenvalue weighted by molar-refractivity contribution is 5.28. The van der Waals surface area contributed by atoms with Gasteiger partial charge < -0.3 is 0 Å². The molecule has 66 valence electrons. The third kappa shape index (κ3) is 1.48. The maximum absolute atomic E-state index is 2.37. The molecule has 2 atom stereocenters. The van der Waals surface area contributed by atoms with Gasteiger partial charge in [-0.2, -0.15) is 0 Å². The van der Waals surface area contributed by atoms with Crippen LogP contribution in [-0.4, -0.2) is 0 Å². The fourth-order valence-corrected chi connectivity index (χ4v) is 2.57. The molecule has 2 unspecified atom stereocenters. The number of allylic oxidation sites excluding steroid dienone is 4. The number of rotatable bonds is 2. The second kappa shape index (κ2) is 3.47. The summed E-state index contributed by atoms with van der Waals surface area (Å²) in [5.74, 6) is 1.83. The zero-order chi connectivity index (χ0) is 8.39. The molecule has 0 aromatic carbocycles. The van der Waals surface area contributed by atoms with E-state index in [0.29, 0.717) is 0 Å². The second-order valence-corrected chi connectivity index (χ2v) is 4.17. The summed E-state index contributed by atoms with van der Waals surface area (Å²) in [5.41, 5.74) is 1.71. The lowest BCUT2D eigenvalue weighted by molar-refractivity contribution is 0.360. The molecule has 2 aliphatic rings. The topological polar surface area (TPSA) is 0 Å². The lowest BCUT2D eigenvalue weighted by atomic mass is 9.78. The largest absolute Gasteiger partial charge is 0.0773 e. The fraction of sp³-hybridized carbons (Fsp3) is 0.667. The van der Waals surface area contributed by atoms with E-state index < -0.39 is 0 Å². The van der Waals surface area contributed by atoms with Crippen LogP contribution in [0.1, 0.15) is 39.0 Å². The van der Waals surface area contributed by atoms with E-state index in [9.17, 15) is 0 Å². The third-order valence-electron chi connectivity index (χ3n) is 3.24. The van der Waals surface area contributed by atoms with Gasteiger partial charge in [0.25, 0.3) is 0 Å². The van der Waals surface area contributed by atoms with Gasteiger partial charge in [0.1, 0.15) is 0 Å². The Morgan fingerprint density at radius 1 is 1.42 bits per heavy atom. The summed E-state index contributed by atoms with van der Waals surface area (Å²) in [6.45, 7) is 2.30. The number of hydrogen-bond acceptors (Lipinski definition) is 0. The Balaban J connectivity index is 1.94. The van der Waals surface area contributed by atoms with Gasteiger partial charge in [0.05, 0.1) is 0 Å². The second-order valence-electron chi connectivity index (χ2n) is 4.17. The summed E-state index contributed by atoms with van der Waals surface area (Å²) in [5, 5.41) is 0. The molecular formula is C12H18. The predicted octanol–water partition coefficient (Wildman–Crippen LogP) is 3.70. The fourth-order valence-electron chi connectivity index (χ4n) is 2.57. The molecule has 2 aliphatic carbocycles. The van der Waals surface area contributed by atoms with Gasteiger partial charge in [-0.15, -0.1) is 0 Å². The molecule has 12 heavy (non-hydrogen) atoms. The third-order valence-corrected chi connectivity index (χ3v) is 3.24. The lowest BCUT2D eigenvalue weighted by Crippen LogP contribution is -2.14. The van der Waals surface area contributed by atoms with Crippen molar-refractivity contribution in [2.75, 3.05) is 0 Å². The van der Waals surface area contributed by atoms with Crippen molar-refractivity contribution in [1.82, 2.24) is 0 Å². The first-order valence-corrected chi connectivity index (χ1v) is 5.27. The number of hydrogen-bond donors (Lipinski definition) is 0. The van der Waals surface area contributed by atoms with Crippen molar-refractivity contribution in [2.45, 2.75) is 39.0 Å². The van der Waals surface area contributed by atoms with Gasteiger partial charge in [0, 0.05) is 0 Å². The van der Waals surface area contributed by atoms with Crippen LogP contribution in [-0.2, 0) is 0 Å². The van der Waals surface area contributed by atoms with Crippen molar-refractivity contribution in [3.8, 4) is 0 Å². The van der Waals surface area contributed by atoms with E-state index in [2.05, 4.69) is 25.2 Å². The first-order valence-electron chi connectivity index (χ1n) is 5.27. The van der Waals surface area contributed by atoms with Crippen molar-refractivity contribution < 1.29 is 0 Å². The van der Waals surface area contributed by atoms with Crippen molar-refractivity contribution in [1.29, 1.82) is 0 Å². The SMILES string of the molecule is CCCC1CCC2C=CC=C2C1. The quantitative estimate of drug-likeness (QED) is 0.580. The van der Waals surface area contributed by atoms with Crippen LogP contribution >= 0.6 is 0 Å². The Hall–Kier alpha value is -0.520. The van der Waals surface area contributed by atoms with Gasteiger partial charge >= 0.3 is 0 Å². The monoisotopic (exact) mass is 162 g/mol. The first kappa shape index (κ1) is 8.10. The Labute approximate surface area is 75.4 Å². The summed E-state index contributed by atoms with van der Waals surface area (Å²) in [7, 11) is 0. The van der Waals surface area contributed by atoms with E-state index in [1.807, 2.05) is 0 Å². The highest BCUT2D eigenvalue weighted by Crippen LogP contribution is 2.38. The van der Waals surface area contributed by atoms with Crippen LogP contribution < -0.4 is 0 Å². The summed E-state index contributed by atoms with van der Waals surface area (Å²) in [6.07, 6.45) is 14.0. The molecule has 0 heteroatoms. The van der Waals surface area contributed by atoms with Gasteiger partial charge in [-0.05, 0) is 31.1 Å². The molecule has 0 nitrogen and oxygen atoms in total. The van der Waals surface area contributed by atoms with Crippen LogP contribution in [0.25, 0.3) is 0 Å². The van der Waals surface area contributed by atoms with E-state index >= 15 is 0 Å². The van der Waals surface area contributed by atoms with E-state index in [4.69, 9.17) is 0 Å². The summed E-state index contributed by atoms with van der Waals surface area (Å²) < 4.78 is 0. The maximum atomic E-state index is 2.37. The van der Waals surface area contributed by atoms with Gasteiger partial charge in [0.2, 0.25) is 0 Å². The molecule has 1 fully saturated rings. The number of fused-ring (bicyclic) bond motifs is 1. The van der Waals surface area contributed by atoms with Crippen LogP contribution in [0.3, 0.4) is 0 Å². The highest BCUT2D eigenvalue weighted by Gasteiger charge is 2.24. The Morgan fingerprint density at radius 3 is 3.17 bits per heavy atom. The normalized spacial score (nSPS) is 33.2. The van der Waals surface area contributed by atoms with Crippen LogP contribution in [0.2, 0.25) is 0 Å². The van der Waals surface area contributed by atoms with E-state index in [0.717, 1.165) is 11.8 Å².